The molecule has 0 amide bonds. The lowest BCUT2D eigenvalue weighted by Crippen LogP contribution is -2.58. The number of rotatable bonds is 1. The molecule has 0 aliphatic carbocycles. The van der Waals surface area contributed by atoms with Gasteiger partial charge >= 0.3 is 0 Å². The van der Waals surface area contributed by atoms with Crippen LogP contribution < -0.4 is 0 Å². The molecule has 0 saturated carbocycles. The van der Waals surface area contributed by atoms with Crippen molar-refractivity contribution in [3.63, 3.8) is 0 Å². The van der Waals surface area contributed by atoms with E-state index in [9.17, 15) is 4.39 Å². The van der Waals surface area contributed by atoms with Gasteiger partial charge in [0.25, 0.3) is 0 Å². The Bertz CT molecular complexity index is 290. The molecular formula is C16H31FN2. The lowest BCUT2D eigenvalue weighted by molar-refractivity contribution is -0.0214. The molecule has 2 fully saturated rings. The Hall–Kier alpha value is -0.150. The Labute approximate surface area is 118 Å². The van der Waals surface area contributed by atoms with Crippen LogP contribution in [0.15, 0.2) is 0 Å². The average Bonchev–Trinajstić information content (AvgIpc) is 2.26. The van der Waals surface area contributed by atoms with Crippen LogP contribution in [0.25, 0.3) is 0 Å². The van der Waals surface area contributed by atoms with Crippen LogP contribution in [0.2, 0.25) is 0 Å². The van der Waals surface area contributed by atoms with Crippen molar-refractivity contribution >= 4 is 0 Å². The van der Waals surface area contributed by atoms with Gasteiger partial charge in [-0.1, -0.05) is 13.8 Å². The highest BCUT2D eigenvalue weighted by atomic mass is 19.1. The third kappa shape index (κ3) is 3.69. The van der Waals surface area contributed by atoms with Gasteiger partial charge in [0.05, 0.1) is 0 Å². The minimum Gasteiger partial charge on any atom is -0.297 e. The molecule has 2 nitrogen and oxygen atoms in total. The van der Waals surface area contributed by atoms with Gasteiger partial charge in [-0.15, -0.1) is 0 Å². The molecule has 0 bridgehead atoms. The second-order valence-electron chi connectivity index (χ2n) is 7.89. The zero-order valence-corrected chi connectivity index (χ0v) is 13.3. The lowest BCUT2D eigenvalue weighted by atomic mass is 9.88. The molecule has 0 aromatic heterocycles. The Morgan fingerprint density at radius 3 is 2.05 bits per heavy atom. The van der Waals surface area contributed by atoms with E-state index >= 15 is 0 Å². The number of nitrogens with zero attached hydrogens (tertiary/aromatic N) is 2. The Kier molecular flexibility index (Phi) is 4.56. The summed E-state index contributed by atoms with van der Waals surface area (Å²) < 4.78 is 14.6. The quantitative estimate of drug-likeness (QED) is 0.722. The van der Waals surface area contributed by atoms with Gasteiger partial charge in [0.15, 0.2) is 0 Å². The van der Waals surface area contributed by atoms with Gasteiger partial charge in [-0.25, -0.2) is 4.39 Å². The lowest BCUT2D eigenvalue weighted by Gasteiger charge is -2.48. The molecule has 0 aromatic carbocycles. The number of piperidine rings is 2. The molecule has 19 heavy (non-hydrogen) atoms. The summed E-state index contributed by atoms with van der Waals surface area (Å²) in [5.41, 5.74) is 0.0950. The van der Waals surface area contributed by atoms with Crippen molar-refractivity contribution < 1.29 is 4.39 Å². The van der Waals surface area contributed by atoms with Crippen molar-refractivity contribution in [3.8, 4) is 0 Å². The topological polar surface area (TPSA) is 6.48 Å². The summed E-state index contributed by atoms with van der Waals surface area (Å²) in [5, 5.41) is 0. The molecule has 3 heteroatoms. The fraction of sp³-hybridized carbons (Fsp3) is 1.00. The van der Waals surface area contributed by atoms with Crippen LogP contribution in [0.3, 0.4) is 0 Å². The van der Waals surface area contributed by atoms with Crippen LogP contribution >= 0.6 is 0 Å². The van der Waals surface area contributed by atoms with Gasteiger partial charge in [0.2, 0.25) is 0 Å². The maximum atomic E-state index is 14.6. The molecule has 0 spiro atoms. The Morgan fingerprint density at radius 2 is 1.58 bits per heavy atom. The molecule has 2 rings (SSSR count). The van der Waals surface area contributed by atoms with Gasteiger partial charge in [-0.05, 0) is 45.4 Å². The first-order valence-electron chi connectivity index (χ1n) is 7.90. The zero-order chi connectivity index (χ0) is 14.2. The first-order valence-corrected chi connectivity index (χ1v) is 7.90. The second kappa shape index (κ2) is 5.69. The SMILES string of the molecule is CC1CC(C)CN(C2CCN(C(C)(C)C)CC2F)C1. The summed E-state index contributed by atoms with van der Waals surface area (Å²) in [7, 11) is 0. The van der Waals surface area contributed by atoms with Gasteiger partial charge < -0.3 is 0 Å². The van der Waals surface area contributed by atoms with E-state index in [2.05, 4.69) is 44.4 Å². The normalized spacial score (nSPS) is 39.5. The van der Waals surface area contributed by atoms with E-state index in [0.29, 0.717) is 6.54 Å². The van der Waals surface area contributed by atoms with E-state index in [1.54, 1.807) is 0 Å². The summed E-state index contributed by atoms with van der Waals surface area (Å²) in [4.78, 5) is 4.73. The molecule has 2 aliphatic heterocycles. The summed E-state index contributed by atoms with van der Waals surface area (Å²) in [6, 6.07) is 0.156. The van der Waals surface area contributed by atoms with Crippen molar-refractivity contribution in [2.75, 3.05) is 26.2 Å². The van der Waals surface area contributed by atoms with Gasteiger partial charge in [-0.3, -0.25) is 9.80 Å². The maximum Gasteiger partial charge on any atom is 0.128 e. The third-order valence-corrected chi connectivity index (χ3v) is 4.82. The van der Waals surface area contributed by atoms with Crippen LogP contribution in [-0.2, 0) is 0 Å². The first-order chi connectivity index (χ1) is 8.77. The summed E-state index contributed by atoms with van der Waals surface area (Å²) >= 11 is 0. The van der Waals surface area contributed by atoms with Gasteiger partial charge in [0, 0.05) is 37.8 Å². The molecule has 0 radical (unpaired) electrons. The summed E-state index contributed by atoms with van der Waals surface area (Å²) in [6.45, 7) is 15.0. The summed E-state index contributed by atoms with van der Waals surface area (Å²) in [5.74, 6) is 1.44. The van der Waals surface area contributed by atoms with Crippen LogP contribution in [0.5, 0.6) is 0 Å². The minimum atomic E-state index is -0.689. The van der Waals surface area contributed by atoms with Gasteiger partial charge in [-0.2, -0.15) is 0 Å². The molecule has 112 valence electrons. The minimum absolute atomic E-state index is 0.0950. The van der Waals surface area contributed by atoms with Crippen molar-refractivity contribution in [3.05, 3.63) is 0 Å². The van der Waals surface area contributed by atoms with Crippen LogP contribution in [-0.4, -0.2) is 53.7 Å². The van der Waals surface area contributed by atoms with Crippen LogP contribution in [0.1, 0.15) is 47.5 Å². The maximum absolute atomic E-state index is 14.6. The largest absolute Gasteiger partial charge is 0.297 e. The van der Waals surface area contributed by atoms with E-state index in [1.807, 2.05) is 0 Å². The molecule has 2 heterocycles. The van der Waals surface area contributed by atoms with E-state index in [-0.39, 0.29) is 11.6 Å². The Balaban J connectivity index is 1.96. The van der Waals surface area contributed by atoms with Crippen LogP contribution in [0.4, 0.5) is 4.39 Å². The number of likely N-dealkylation sites (tertiary alicyclic amines) is 2. The van der Waals surface area contributed by atoms with E-state index in [0.717, 1.165) is 37.9 Å². The zero-order valence-electron chi connectivity index (χ0n) is 13.3. The van der Waals surface area contributed by atoms with Crippen molar-refractivity contribution in [2.45, 2.75) is 65.2 Å². The number of alkyl halides is 1. The molecule has 4 unspecified atom stereocenters. The first kappa shape index (κ1) is 15.2. The highest BCUT2D eigenvalue weighted by Gasteiger charge is 2.38. The second-order valence-corrected chi connectivity index (χ2v) is 7.89. The highest BCUT2D eigenvalue weighted by Crippen LogP contribution is 2.29. The van der Waals surface area contributed by atoms with E-state index < -0.39 is 6.17 Å². The smallest absolute Gasteiger partial charge is 0.128 e. The third-order valence-electron chi connectivity index (χ3n) is 4.82. The predicted octanol–water partition coefficient (Wildman–Crippen LogP) is 3.18. The highest BCUT2D eigenvalue weighted by molar-refractivity contribution is 4.93. The number of halogens is 1. The Morgan fingerprint density at radius 1 is 1.00 bits per heavy atom. The van der Waals surface area contributed by atoms with E-state index in [1.165, 1.54) is 6.42 Å². The number of hydrogen-bond acceptors (Lipinski definition) is 2. The molecule has 0 N–H and O–H groups in total. The summed E-state index contributed by atoms with van der Waals surface area (Å²) in [6.07, 6.45) is 1.59. The monoisotopic (exact) mass is 270 g/mol. The molecule has 0 aromatic rings. The van der Waals surface area contributed by atoms with Crippen molar-refractivity contribution in [1.82, 2.24) is 9.80 Å². The van der Waals surface area contributed by atoms with E-state index in [4.69, 9.17) is 0 Å². The van der Waals surface area contributed by atoms with Crippen LogP contribution in [0, 0.1) is 11.8 Å². The standard InChI is InChI=1S/C16H31FN2/c1-12-8-13(2)10-18(9-12)15-6-7-19(11-14(15)17)16(3,4)5/h12-15H,6-11H2,1-5H3. The van der Waals surface area contributed by atoms with Crippen molar-refractivity contribution in [1.29, 1.82) is 0 Å². The fourth-order valence-corrected chi connectivity index (χ4v) is 3.89. The van der Waals surface area contributed by atoms with Gasteiger partial charge in [0.1, 0.15) is 6.17 Å². The van der Waals surface area contributed by atoms with Crippen molar-refractivity contribution in [2.24, 2.45) is 11.8 Å². The molecular weight excluding hydrogens is 239 g/mol. The molecule has 2 aliphatic rings. The molecule has 2 saturated heterocycles. The molecule has 4 atom stereocenters. The number of hydrogen-bond donors (Lipinski definition) is 0. The predicted molar refractivity (Wildman–Crippen MR) is 79.1 cm³/mol. The average molecular weight is 270 g/mol. The fourth-order valence-electron chi connectivity index (χ4n) is 3.89.